The van der Waals surface area contributed by atoms with E-state index in [0.29, 0.717) is 0 Å². The molecule has 1 aromatic heterocycles. The lowest BCUT2D eigenvalue weighted by Crippen LogP contribution is -2.32. The highest BCUT2D eigenvalue weighted by Crippen LogP contribution is 2.53. The van der Waals surface area contributed by atoms with E-state index in [4.69, 9.17) is 4.74 Å². The van der Waals surface area contributed by atoms with E-state index >= 15 is 0 Å². The van der Waals surface area contributed by atoms with Gasteiger partial charge in [-0.1, -0.05) is 77.9 Å². The first-order valence-corrected chi connectivity index (χ1v) is 13.9. The highest BCUT2D eigenvalue weighted by atomic mass is 16.5. The predicted octanol–water partition coefficient (Wildman–Crippen LogP) is 9.54. The van der Waals surface area contributed by atoms with Gasteiger partial charge >= 0.3 is 0 Å². The van der Waals surface area contributed by atoms with Crippen LogP contribution >= 0.6 is 0 Å². The van der Waals surface area contributed by atoms with Gasteiger partial charge in [0.25, 0.3) is 0 Å². The van der Waals surface area contributed by atoms with Gasteiger partial charge in [-0.2, -0.15) is 0 Å². The summed E-state index contributed by atoms with van der Waals surface area (Å²) >= 11 is 0. The molecule has 1 aliphatic heterocycles. The molecule has 2 nitrogen and oxygen atoms in total. The van der Waals surface area contributed by atoms with Crippen LogP contribution in [0.25, 0.3) is 43.6 Å². The summed E-state index contributed by atoms with van der Waals surface area (Å²) in [5.41, 5.74) is 8.20. The number of hydrogen-bond acceptors (Lipinski definition) is 1. The minimum Gasteiger partial charge on any atom is -0.455 e. The van der Waals surface area contributed by atoms with Crippen LogP contribution in [0.15, 0.2) is 54.7 Å². The molecule has 0 N–H and O–H groups in total. The molecule has 1 aliphatic rings. The smallest absolute Gasteiger partial charge is 0.228 e. The van der Waals surface area contributed by atoms with Crippen molar-refractivity contribution < 1.29 is 9.30 Å². The third-order valence-corrected chi connectivity index (χ3v) is 8.01. The number of pyridine rings is 1. The van der Waals surface area contributed by atoms with E-state index in [1.165, 1.54) is 65.8 Å². The minimum absolute atomic E-state index is 0.123. The molecule has 0 saturated carbocycles. The molecular weight excluding hydrogens is 462 g/mol. The molecule has 2 heterocycles. The summed E-state index contributed by atoms with van der Waals surface area (Å²) in [6.07, 6.45) is 4.24. The maximum Gasteiger partial charge on any atom is 0.228 e. The standard InChI is InChI=1S/C36H40NO/c1-21-11-10-12-24-18-29-32-26(30(21)24)15-16-37(9)33(32)31-22(2)27-17-23(19-35(3,4)5)13-14-25(27)28(34(31)38-29)20-36(6,7)8/h10-18H,19-20H2,1-9H3/q+1. The molecule has 0 bridgehead atoms. The molecule has 0 atom stereocenters. The number of rotatable bonds is 2. The zero-order valence-electron chi connectivity index (χ0n) is 24.5. The van der Waals surface area contributed by atoms with Gasteiger partial charge in [0, 0.05) is 17.0 Å². The Bertz CT molecular complexity index is 1780. The van der Waals surface area contributed by atoms with Crippen LogP contribution < -0.4 is 9.30 Å². The van der Waals surface area contributed by atoms with E-state index in [2.05, 4.69) is 122 Å². The quantitative estimate of drug-likeness (QED) is 0.170. The summed E-state index contributed by atoms with van der Waals surface area (Å²) in [6, 6.07) is 18.2. The fourth-order valence-corrected chi connectivity index (χ4v) is 6.56. The Labute approximate surface area is 227 Å². The average Bonchev–Trinajstić information content (AvgIpc) is 2.81. The van der Waals surface area contributed by atoms with E-state index in [0.717, 1.165) is 24.3 Å². The molecule has 6 rings (SSSR count). The first-order valence-electron chi connectivity index (χ1n) is 13.9. The molecule has 38 heavy (non-hydrogen) atoms. The number of benzene rings is 4. The summed E-state index contributed by atoms with van der Waals surface area (Å²) in [6.45, 7) is 18.4. The van der Waals surface area contributed by atoms with Gasteiger partial charge in [0.1, 0.15) is 18.5 Å². The van der Waals surface area contributed by atoms with Gasteiger partial charge < -0.3 is 4.74 Å². The van der Waals surface area contributed by atoms with Gasteiger partial charge in [0.05, 0.1) is 10.9 Å². The number of hydrogen-bond donors (Lipinski definition) is 0. The van der Waals surface area contributed by atoms with Crippen molar-refractivity contribution in [2.24, 2.45) is 17.9 Å². The fraction of sp³-hybridized carbons (Fsp3) is 0.361. The van der Waals surface area contributed by atoms with Crippen LogP contribution in [-0.4, -0.2) is 0 Å². The lowest BCUT2D eigenvalue weighted by molar-refractivity contribution is -0.659. The Kier molecular flexibility index (Phi) is 5.44. The van der Waals surface area contributed by atoms with Crippen LogP contribution in [0.1, 0.15) is 63.8 Å². The molecule has 0 aliphatic carbocycles. The summed E-state index contributed by atoms with van der Waals surface area (Å²) in [5, 5.41) is 7.72. The van der Waals surface area contributed by atoms with Crippen LogP contribution in [0.2, 0.25) is 0 Å². The molecule has 0 spiro atoms. The normalized spacial score (nSPS) is 13.3. The number of nitrogens with zero attached hydrogens (tertiary/aromatic N) is 1. The van der Waals surface area contributed by atoms with Crippen molar-refractivity contribution in [2.45, 2.75) is 68.2 Å². The Morgan fingerprint density at radius 1 is 0.763 bits per heavy atom. The Morgan fingerprint density at radius 3 is 2.21 bits per heavy atom. The molecule has 194 valence electrons. The van der Waals surface area contributed by atoms with Gasteiger partial charge in [-0.15, -0.1) is 0 Å². The maximum absolute atomic E-state index is 7.02. The van der Waals surface area contributed by atoms with E-state index < -0.39 is 0 Å². The molecule has 0 amide bonds. The van der Waals surface area contributed by atoms with Crippen molar-refractivity contribution >= 4 is 32.3 Å². The van der Waals surface area contributed by atoms with Crippen LogP contribution in [0, 0.1) is 24.7 Å². The van der Waals surface area contributed by atoms with Crippen LogP contribution in [0.3, 0.4) is 0 Å². The van der Waals surface area contributed by atoms with Crippen molar-refractivity contribution in [2.75, 3.05) is 0 Å². The lowest BCUT2D eigenvalue weighted by Gasteiger charge is -2.29. The average molecular weight is 503 g/mol. The molecule has 0 unspecified atom stereocenters. The summed E-state index contributed by atoms with van der Waals surface area (Å²) in [5.74, 6) is 2.01. The summed E-state index contributed by atoms with van der Waals surface area (Å²) < 4.78 is 9.32. The maximum atomic E-state index is 7.02. The molecule has 0 radical (unpaired) electrons. The van der Waals surface area contributed by atoms with Gasteiger partial charge in [-0.3, -0.25) is 0 Å². The number of ether oxygens (including phenoxy) is 1. The highest BCUT2D eigenvalue weighted by molar-refractivity contribution is 6.17. The SMILES string of the molecule is Cc1c2c(c(CC(C)(C)C)c3ccc(CC(C)(C)C)cc13)Oc1cc3cccc(C)c3c3cc[n+](C)c-2c13. The van der Waals surface area contributed by atoms with Gasteiger partial charge in [0.2, 0.25) is 5.69 Å². The lowest BCUT2D eigenvalue weighted by atomic mass is 9.80. The van der Waals surface area contributed by atoms with E-state index in [9.17, 15) is 0 Å². The van der Waals surface area contributed by atoms with E-state index in [1.54, 1.807) is 0 Å². The number of aromatic nitrogens is 1. The second kappa shape index (κ2) is 8.30. The highest BCUT2D eigenvalue weighted by Gasteiger charge is 2.34. The zero-order chi connectivity index (χ0) is 27.1. The molecular formula is C36H40NO+. The van der Waals surface area contributed by atoms with Crippen LogP contribution in [0.4, 0.5) is 0 Å². The summed E-state index contributed by atoms with van der Waals surface area (Å²) in [4.78, 5) is 0. The fourth-order valence-electron chi connectivity index (χ4n) is 6.56. The van der Waals surface area contributed by atoms with Crippen LogP contribution in [-0.2, 0) is 19.9 Å². The first-order chi connectivity index (χ1) is 17.8. The largest absolute Gasteiger partial charge is 0.455 e. The van der Waals surface area contributed by atoms with Crippen molar-refractivity contribution in [3.8, 4) is 22.8 Å². The Hall–Kier alpha value is -3.39. The molecule has 5 aromatic rings. The van der Waals surface area contributed by atoms with Gasteiger partial charge in [-0.25, -0.2) is 4.57 Å². The van der Waals surface area contributed by atoms with Crippen molar-refractivity contribution in [3.63, 3.8) is 0 Å². The van der Waals surface area contributed by atoms with Crippen LogP contribution in [0.5, 0.6) is 11.5 Å². The predicted molar refractivity (Wildman–Crippen MR) is 161 cm³/mol. The third kappa shape index (κ3) is 3.97. The molecule has 2 heteroatoms. The minimum atomic E-state index is 0.123. The first kappa shape index (κ1) is 24.9. The molecule has 0 saturated heterocycles. The van der Waals surface area contributed by atoms with Gasteiger partial charge in [0.15, 0.2) is 6.20 Å². The van der Waals surface area contributed by atoms with E-state index in [1.807, 2.05) is 0 Å². The topological polar surface area (TPSA) is 13.1 Å². The summed E-state index contributed by atoms with van der Waals surface area (Å²) in [7, 11) is 2.18. The monoisotopic (exact) mass is 502 g/mol. The van der Waals surface area contributed by atoms with E-state index in [-0.39, 0.29) is 10.8 Å². The Morgan fingerprint density at radius 2 is 1.50 bits per heavy atom. The van der Waals surface area contributed by atoms with Crippen molar-refractivity contribution in [1.29, 1.82) is 0 Å². The molecule has 0 fully saturated rings. The zero-order valence-corrected chi connectivity index (χ0v) is 24.5. The number of aryl methyl sites for hydroxylation is 3. The second-order valence-electron chi connectivity index (χ2n) is 13.9. The second-order valence-corrected chi connectivity index (χ2v) is 13.9. The molecule has 4 aromatic carbocycles. The van der Waals surface area contributed by atoms with Crippen molar-refractivity contribution in [3.05, 3.63) is 77.0 Å². The Balaban J connectivity index is 1.76. The number of fused-ring (bicyclic) bond motifs is 5. The van der Waals surface area contributed by atoms with Crippen molar-refractivity contribution in [1.82, 2.24) is 0 Å². The van der Waals surface area contributed by atoms with Gasteiger partial charge in [-0.05, 0) is 81.8 Å². The third-order valence-electron chi connectivity index (χ3n) is 8.01.